The van der Waals surface area contributed by atoms with Crippen molar-refractivity contribution in [3.05, 3.63) is 42.4 Å². The number of fused-ring (bicyclic) bond motifs is 3. The van der Waals surface area contributed by atoms with E-state index in [1.165, 1.54) is 0 Å². The van der Waals surface area contributed by atoms with Crippen LogP contribution in [0.4, 0.5) is 0 Å². The van der Waals surface area contributed by atoms with Gasteiger partial charge in [-0.3, -0.25) is 0 Å². The van der Waals surface area contributed by atoms with E-state index in [-0.39, 0.29) is 17.2 Å². The molecule has 2 fully saturated rings. The van der Waals surface area contributed by atoms with E-state index in [0.29, 0.717) is 19.5 Å². The van der Waals surface area contributed by atoms with E-state index in [9.17, 15) is 13.5 Å². The van der Waals surface area contributed by atoms with Gasteiger partial charge in [0.2, 0.25) is 10.0 Å². The lowest BCUT2D eigenvalue weighted by Gasteiger charge is -2.39. The summed E-state index contributed by atoms with van der Waals surface area (Å²) < 4.78 is 29.1. The van der Waals surface area contributed by atoms with Crippen LogP contribution in [0.3, 0.4) is 0 Å². The van der Waals surface area contributed by atoms with Crippen LogP contribution in [0, 0.1) is 5.92 Å². The summed E-state index contributed by atoms with van der Waals surface area (Å²) in [5, 5.41) is 10.5. The second kappa shape index (κ2) is 5.40. The minimum atomic E-state index is -3.22. The average Bonchev–Trinajstić information content (AvgIpc) is 3.29. The van der Waals surface area contributed by atoms with Crippen molar-refractivity contribution in [3.63, 3.8) is 0 Å². The molecule has 5 rings (SSSR count). The van der Waals surface area contributed by atoms with Gasteiger partial charge in [0.1, 0.15) is 0 Å². The molecule has 3 aliphatic rings. The van der Waals surface area contributed by atoms with Crippen LogP contribution in [0.1, 0.15) is 30.9 Å². The summed E-state index contributed by atoms with van der Waals surface area (Å²) in [4.78, 5) is 4.27. The normalized spacial score (nSPS) is 29.4. The molecule has 2 aliphatic heterocycles. The number of rotatable bonds is 3. The fourth-order valence-corrected chi connectivity index (χ4v) is 6.26. The molecule has 6 nitrogen and oxygen atoms in total. The SMILES string of the molecule is O=S(=O)(C1CC1)N1CC[C@@H](O)[C@H](C2c3ccccc3-c3cncn32)C1. The summed E-state index contributed by atoms with van der Waals surface area (Å²) >= 11 is 0. The van der Waals surface area contributed by atoms with Crippen molar-refractivity contribution in [3.8, 4) is 11.3 Å². The molecule has 0 amide bonds. The first-order valence-corrected chi connectivity index (χ1v) is 10.4. The lowest BCUT2D eigenvalue weighted by Crippen LogP contribution is -2.49. The van der Waals surface area contributed by atoms with Crippen LogP contribution < -0.4 is 0 Å². The molecule has 1 saturated heterocycles. The highest BCUT2D eigenvalue weighted by Gasteiger charge is 2.46. The topological polar surface area (TPSA) is 75.4 Å². The molecule has 1 unspecified atom stereocenters. The van der Waals surface area contributed by atoms with Crippen LogP contribution in [0.15, 0.2) is 36.8 Å². The molecule has 132 valence electrons. The highest BCUT2D eigenvalue weighted by atomic mass is 32.2. The Hall–Kier alpha value is -1.70. The number of sulfonamides is 1. The largest absolute Gasteiger partial charge is 0.393 e. The first-order chi connectivity index (χ1) is 12.1. The van der Waals surface area contributed by atoms with E-state index in [2.05, 4.69) is 21.7 Å². The molecule has 0 radical (unpaired) electrons. The van der Waals surface area contributed by atoms with E-state index in [0.717, 1.165) is 29.7 Å². The Morgan fingerprint density at radius 1 is 1.16 bits per heavy atom. The van der Waals surface area contributed by atoms with Crippen LogP contribution in [-0.2, 0) is 10.0 Å². The van der Waals surface area contributed by atoms with Crippen LogP contribution in [-0.4, -0.2) is 51.8 Å². The summed E-state index contributed by atoms with van der Waals surface area (Å²) in [7, 11) is -3.22. The molecular formula is C18H21N3O3S. The summed E-state index contributed by atoms with van der Waals surface area (Å²) in [5.41, 5.74) is 3.31. The number of aliphatic hydroxyl groups is 1. The highest BCUT2D eigenvalue weighted by Crippen LogP contribution is 2.45. The second-order valence-corrected chi connectivity index (χ2v) is 9.55. The van der Waals surface area contributed by atoms with Crippen molar-refractivity contribution >= 4 is 10.0 Å². The van der Waals surface area contributed by atoms with Gasteiger partial charge in [-0.1, -0.05) is 24.3 Å². The van der Waals surface area contributed by atoms with Gasteiger partial charge in [-0.15, -0.1) is 0 Å². The number of nitrogens with zero attached hydrogens (tertiary/aromatic N) is 3. The van der Waals surface area contributed by atoms with Crippen molar-refractivity contribution in [1.82, 2.24) is 13.9 Å². The Balaban J connectivity index is 1.54. The van der Waals surface area contributed by atoms with Crippen LogP contribution in [0.2, 0.25) is 0 Å². The average molecular weight is 359 g/mol. The van der Waals surface area contributed by atoms with Gasteiger partial charge >= 0.3 is 0 Å². The van der Waals surface area contributed by atoms with Crippen LogP contribution in [0.5, 0.6) is 0 Å². The lowest BCUT2D eigenvalue weighted by atomic mass is 9.85. The minimum Gasteiger partial charge on any atom is -0.393 e. The van der Waals surface area contributed by atoms with Gasteiger partial charge in [0.25, 0.3) is 0 Å². The standard InChI is InChI=1S/C18H21N3O3S/c22-17-7-8-20(25(23,24)12-5-6-12)10-15(17)18-14-4-2-1-3-13(14)16-9-19-11-21(16)18/h1-4,9,11-12,15,17-18,22H,5-8,10H2/t15-,17-,18?/m1/s1. The van der Waals surface area contributed by atoms with Gasteiger partial charge in [-0.05, 0) is 24.8 Å². The van der Waals surface area contributed by atoms with Crippen molar-refractivity contribution < 1.29 is 13.5 Å². The van der Waals surface area contributed by atoms with Crippen LogP contribution >= 0.6 is 0 Å². The summed E-state index contributed by atoms with van der Waals surface area (Å²) in [6, 6.07) is 8.07. The number of benzene rings is 1. The molecule has 0 spiro atoms. The molecular weight excluding hydrogens is 338 g/mol. The zero-order valence-electron chi connectivity index (χ0n) is 13.8. The molecule has 1 saturated carbocycles. The van der Waals surface area contributed by atoms with E-state index in [1.807, 2.05) is 18.3 Å². The molecule has 1 N–H and O–H groups in total. The van der Waals surface area contributed by atoms with Gasteiger partial charge in [-0.25, -0.2) is 17.7 Å². The molecule has 0 bridgehead atoms. The van der Waals surface area contributed by atoms with Gasteiger partial charge in [0.15, 0.2) is 0 Å². The van der Waals surface area contributed by atoms with Crippen molar-refractivity contribution in [2.24, 2.45) is 5.92 Å². The number of piperidine rings is 1. The molecule has 3 heterocycles. The number of hydrogen-bond acceptors (Lipinski definition) is 4. The maximum Gasteiger partial charge on any atom is 0.216 e. The third-order valence-corrected chi connectivity index (χ3v) is 8.18. The van der Waals surface area contributed by atoms with Gasteiger partial charge in [0.05, 0.1) is 35.6 Å². The van der Waals surface area contributed by atoms with Crippen LogP contribution in [0.25, 0.3) is 11.3 Å². The third-order valence-electron chi connectivity index (χ3n) is 5.82. The van der Waals surface area contributed by atoms with Crippen molar-refractivity contribution in [2.45, 2.75) is 36.7 Å². The number of imidazole rings is 1. The quantitative estimate of drug-likeness (QED) is 0.904. The Labute approximate surface area is 147 Å². The molecule has 25 heavy (non-hydrogen) atoms. The van der Waals surface area contributed by atoms with E-state index < -0.39 is 16.1 Å². The first-order valence-electron chi connectivity index (χ1n) is 8.85. The number of aliphatic hydroxyl groups excluding tert-OH is 1. The first kappa shape index (κ1) is 15.5. The van der Waals surface area contributed by atoms with Crippen molar-refractivity contribution in [2.75, 3.05) is 13.1 Å². The smallest absolute Gasteiger partial charge is 0.216 e. The second-order valence-electron chi connectivity index (χ2n) is 7.34. The molecule has 2 aromatic rings. The number of aromatic nitrogens is 2. The zero-order valence-corrected chi connectivity index (χ0v) is 14.6. The van der Waals surface area contributed by atoms with E-state index in [4.69, 9.17) is 0 Å². The Morgan fingerprint density at radius 3 is 2.76 bits per heavy atom. The predicted molar refractivity (Wildman–Crippen MR) is 93.4 cm³/mol. The summed E-state index contributed by atoms with van der Waals surface area (Å²) in [6.07, 6.45) is 5.14. The Morgan fingerprint density at radius 2 is 1.96 bits per heavy atom. The maximum absolute atomic E-state index is 12.7. The highest BCUT2D eigenvalue weighted by molar-refractivity contribution is 7.90. The zero-order chi connectivity index (χ0) is 17.2. The van der Waals surface area contributed by atoms with Gasteiger partial charge in [-0.2, -0.15) is 0 Å². The summed E-state index contributed by atoms with van der Waals surface area (Å²) in [5.74, 6) is -0.168. The minimum absolute atomic E-state index is 0.0686. The molecule has 1 aromatic carbocycles. The van der Waals surface area contributed by atoms with E-state index in [1.54, 1.807) is 10.6 Å². The molecule has 7 heteroatoms. The third kappa shape index (κ3) is 2.29. The van der Waals surface area contributed by atoms with E-state index >= 15 is 0 Å². The number of hydrogen-bond donors (Lipinski definition) is 1. The maximum atomic E-state index is 12.7. The molecule has 1 aliphatic carbocycles. The molecule has 1 aromatic heterocycles. The summed E-state index contributed by atoms with van der Waals surface area (Å²) in [6.45, 7) is 0.790. The monoisotopic (exact) mass is 359 g/mol. The fourth-order valence-electron chi connectivity index (χ4n) is 4.37. The fraction of sp³-hybridized carbons (Fsp3) is 0.500. The Bertz CT molecular complexity index is 919. The lowest BCUT2D eigenvalue weighted by molar-refractivity contribution is 0.0356. The van der Waals surface area contributed by atoms with Gasteiger partial charge in [0, 0.05) is 24.6 Å². The van der Waals surface area contributed by atoms with Crippen molar-refractivity contribution in [1.29, 1.82) is 0 Å². The molecule has 3 atom stereocenters. The Kier molecular flexibility index (Phi) is 3.36. The predicted octanol–water partition coefficient (Wildman–Crippen LogP) is 1.63. The van der Waals surface area contributed by atoms with Gasteiger partial charge < -0.3 is 9.67 Å².